The normalized spacial score (nSPS) is 10.8. The van der Waals surface area contributed by atoms with Gasteiger partial charge in [0.2, 0.25) is 0 Å². The molecule has 0 aliphatic carbocycles. The zero-order valence-corrected chi connectivity index (χ0v) is 14.6. The fourth-order valence-corrected chi connectivity index (χ4v) is 2.87. The molecular formula is C21H22N2O2. The highest BCUT2D eigenvalue weighted by atomic mass is 16.2. The molecule has 3 aromatic rings. The number of fused-ring (bicyclic) bond motifs is 1. The number of pyridine rings is 1. The molecule has 2 heterocycles. The number of nitrogens with one attached hydrogen (secondary N) is 1. The Labute approximate surface area is 147 Å². The fraction of sp³-hybridized carbons (Fsp3) is 0.238. The molecule has 0 saturated heterocycles. The van der Waals surface area contributed by atoms with E-state index in [-0.39, 0.29) is 0 Å². The van der Waals surface area contributed by atoms with Crippen LogP contribution in [0.1, 0.15) is 35.8 Å². The summed E-state index contributed by atoms with van der Waals surface area (Å²) < 4.78 is 1.79. The molecular weight excluding hydrogens is 312 g/mol. The first-order valence-corrected chi connectivity index (χ1v) is 8.61. The van der Waals surface area contributed by atoms with Crippen LogP contribution in [0.2, 0.25) is 0 Å². The molecule has 1 N–H and O–H groups in total. The van der Waals surface area contributed by atoms with Crippen LogP contribution in [0.5, 0.6) is 0 Å². The summed E-state index contributed by atoms with van der Waals surface area (Å²) in [7, 11) is 0. The van der Waals surface area contributed by atoms with Crippen LogP contribution in [0.4, 0.5) is 0 Å². The summed E-state index contributed by atoms with van der Waals surface area (Å²) in [6.45, 7) is 4.58. The second-order valence-corrected chi connectivity index (χ2v) is 6.21. The van der Waals surface area contributed by atoms with Crippen molar-refractivity contribution in [3.8, 4) is 11.1 Å². The monoisotopic (exact) mass is 334 g/mol. The number of aryl methyl sites for hydroxylation is 1. The van der Waals surface area contributed by atoms with Crippen LogP contribution >= 0.6 is 0 Å². The number of hydrogen-bond acceptors (Lipinski definition) is 2. The Morgan fingerprint density at radius 2 is 1.84 bits per heavy atom. The van der Waals surface area contributed by atoms with Crippen LogP contribution in [-0.4, -0.2) is 22.6 Å². The van der Waals surface area contributed by atoms with Gasteiger partial charge in [-0.2, -0.15) is 0 Å². The number of rotatable bonds is 6. The second-order valence-electron chi connectivity index (χ2n) is 6.21. The molecule has 25 heavy (non-hydrogen) atoms. The molecule has 0 aliphatic rings. The van der Waals surface area contributed by atoms with Crippen molar-refractivity contribution < 1.29 is 9.59 Å². The van der Waals surface area contributed by atoms with Crippen molar-refractivity contribution in [1.29, 1.82) is 0 Å². The zero-order chi connectivity index (χ0) is 17.8. The number of carbonyl (C=O) groups is 2. The van der Waals surface area contributed by atoms with Gasteiger partial charge in [0.05, 0.1) is 0 Å². The third-order valence-electron chi connectivity index (χ3n) is 4.28. The van der Waals surface area contributed by atoms with E-state index in [0.29, 0.717) is 12.2 Å². The minimum absolute atomic E-state index is 0.411. The summed E-state index contributed by atoms with van der Waals surface area (Å²) in [5, 5.41) is 2.72. The van der Waals surface area contributed by atoms with E-state index in [1.54, 1.807) is 4.40 Å². The lowest BCUT2D eigenvalue weighted by atomic mass is 10.0. The van der Waals surface area contributed by atoms with Gasteiger partial charge in [0, 0.05) is 23.8 Å². The Morgan fingerprint density at radius 1 is 1.08 bits per heavy atom. The lowest BCUT2D eigenvalue weighted by molar-refractivity contribution is -0.117. The molecule has 128 valence electrons. The third-order valence-corrected chi connectivity index (χ3v) is 4.28. The molecule has 0 bridgehead atoms. The Morgan fingerprint density at radius 3 is 2.56 bits per heavy atom. The Hall–Kier alpha value is -2.88. The van der Waals surface area contributed by atoms with E-state index < -0.39 is 11.7 Å². The summed E-state index contributed by atoms with van der Waals surface area (Å²) in [6, 6.07) is 15.6. The molecule has 4 heteroatoms. The molecule has 4 nitrogen and oxygen atoms in total. The average Bonchev–Trinajstić information content (AvgIpc) is 3.01. The predicted octanol–water partition coefficient (Wildman–Crippen LogP) is 4.01. The van der Waals surface area contributed by atoms with Crippen molar-refractivity contribution in [2.24, 2.45) is 0 Å². The Kier molecular flexibility index (Phi) is 4.98. The lowest BCUT2D eigenvalue weighted by Crippen LogP contribution is -2.32. The number of aromatic nitrogens is 1. The molecule has 1 aromatic carbocycles. The molecule has 1 amide bonds. The van der Waals surface area contributed by atoms with Crippen molar-refractivity contribution >= 4 is 17.2 Å². The van der Waals surface area contributed by atoms with E-state index in [1.807, 2.05) is 68.6 Å². The van der Waals surface area contributed by atoms with Gasteiger partial charge in [0.25, 0.3) is 11.7 Å². The largest absolute Gasteiger partial charge is 0.349 e. The number of amides is 1. The molecule has 3 rings (SSSR count). The van der Waals surface area contributed by atoms with E-state index in [0.717, 1.165) is 35.0 Å². The summed E-state index contributed by atoms with van der Waals surface area (Å²) in [5.74, 6) is -1.05. The predicted molar refractivity (Wildman–Crippen MR) is 99.8 cm³/mol. The van der Waals surface area contributed by atoms with Gasteiger partial charge < -0.3 is 9.72 Å². The average molecular weight is 334 g/mol. The zero-order valence-electron chi connectivity index (χ0n) is 14.6. The molecule has 0 atom stereocenters. The Bertz CT molecular complexity index is 907. The smallest absolute Gasteiger partial charge is 0.294 e. The van der Waals surface area contributed by atoms with Crippen molar-refractivity contribution in [3.05, 3.63) is 66.0 Å². The first-order chi connectivity index (χ1) is 12.1. The number of hydrogen-bond donors (Lipinski definition) is 1. The van der Waals surface area contributed by atoms with Gasteiger partial charge in [-0.15, -0.1) is 0 Å². The maximum atomic E-state index is 12.8. The SMILES string of the molecule is CCCCNC(=O)C(=O)c1c(-c2ccc(C)cc2)cc2ccccn12. The van der Waals surface area contributed by atoms with E-state index in [4.69, 9.17) is 0 Å². The standard InChI is InChI=1S/C21H22N2O2/c1-3-4-12-22-21(25)20(24)19-18(16-10-8-15(2)9-11-16)14-17-7-5-6-13-23(17)19/h5-11,13-14H,3-4,12H2,1-2H3,(H,22,25). The number of benzene rings is 1. The third kappa shape index (κ3) is 3.48. The highest BCUT2D eigenvalue weighted by Gasteiger charge is 2.24. The van der Waals surface area contributed by atoms with Crippen LogP contribution in [-0.2, 0) is 4.79 Å². The minimum Gasteiger partial charge on any atom is -0.349 e. The molecule has 0 unspecified atom stereocenters. The van der Waals surface area contributed by atoms with Crippen molar-refractivity contribution in [1.82, 2.24) is 9.72 Å². The summed E-state index contributed by atoms with van der Waals surface area (Å²) in [6.07, 6.45) is 3.65. The number of nitrogens with zero attached hydrogens (tertiary/aromatic N) is 1. The molecule has 0 radical (unpaired) electrons. The van der Waals surface area contributed by atoms with Gasteiger partial charge in [0.15, 0.2) is 0 Å². The fourth-order valence-electron chi connectivity index (χ4n) is 2.87. The molecule has 0 fully saturated rings. The van der Waals surface area contributed by atoms with Crippen LogP contribution < -0.4 is 5.32 Å². The van der Waals surface area contributed by atoms with Crippen LogP contribution in [0.15, 0.2) is 54.7 Å². The Balaban J connectivity index is 2.06. The van der Waals surface area contributed by atoms with E-state index in [9.17, 15) is 9.59 Å². The van der Waals surface area contributed by atoms with E-state index in [2.05, 4.69) is 5.32 Å². The quantitative estimate of drug-likeness (QED) is 0.421. The second kappa shape index (κ2) is 7.34. The molecule has 0 saturated carbocycles. The van der Waals surface area contributed by atoms with E-state index >= 15 is 0 Å². The molecule has 2 aromatic heterocycles. The maximum Gasteiger partial charge on any atom is 0.294 e. The highest BCUT2D eigenvalue weighted by molar-refractivity contribution is 6.43. The highest BCUT2D eigenvalue weighted by Crippen LogP contribution is 2.28. The number of Topliss-reactive ketones (excluding diaryl/α,β-unsaturated/α-hetero) is 1. The van der Waals surface area contributed by atoms with E-state index in [1.165, 1.54) is 0 Å². The summed E-state index contributed by atoms with van der Waals surface area (Å²) in [4.78, 5) is 25.2. The molecule has 0 spiro atoms. The van der Waals surface area contributed by atoms with Crippen LogP contribution in [0, 0.1) is 6.92 Å². The summed E-state index contributed by atoms with van der Waals surface area (Å²) >= 11 is 0. The summed E-state index contributed by atoms with van der Waals surface area (Å²) in [5.41, 5.74) is 4.16. The first-order valence-electron chi connectivity index (χ1n) is 8.61. The molecule has 0 aliphatic heterocycles. The van der Waals surface area contributed by atoms with Gasteiger partial charge in [-0.25, -0.2) is 0 Å². The van der Waals surface area contributed by atoms with Crippen molar-refractivity contribution in [2.75, 3.05) is 6.54 Å². The van der Waals surface area contributed by atoms with Crippen LogP contribution in [0.3, 0.4) is 0 Å². The van der Waals surface area contributed by atoms with Gasteiger partial charge in [-0.05, 0) is 37.1 Å². The number of carbonyl (C=O) groups excluding carboxylic acids is 2. The number of unbranched alkanes of at least 4 members (excludes halogenated alkanes) is 1. The number of ketones is 1. The maximum absolute atomic E-state index is 12.8. The lowest BCUT2D eigenvalue weighted by Gasteiger charge is -2.07. The van der Waals surface area contributed by atoms with Gasteiger partial charge >= 0.3 is 0 Å². The minimum atomic E-state index is -0.550. The van der Waals surface area contributed by atoms with Gasteiger partial charge in [-0.3, -0.25) is 9.59 Å². The van der Waals surface area contributed by atoms with Gasteiger partial charge in [-0.1, -0.05) is 49.2 Å². The van der Waals surface area contributed by atoms with Crippen molar-refractivity contribution in [3.63, 3.8) is 0 Å². The van der Waals surface area contributed by atoms with Gasteiger partial charge in [0.1, 0.15) is 5.69 Å². The van der Waals surface area contributed by atoms with Crippen molar-refractivity contribution in [2.45, 2.75) is 26.7 Å². The topological polar surface area (TPSA) is 50.6 Å². The first kappa shape index (κ1) is 17.0. The van der Waals surface area contributed by atoms with Crippen LogP contribution in [0.25, 0.3) is 16.6 Å².